The van der Waals surface area contributed by atoms with Gasteiger partial charge in [0.25, 0.3) is 5.69 Å². The SMILES string of the molecule is CN(C)CC(=O)Nc1ccc([N+](=O)[O-])cc1O. The minimum Gasteiger partial charge on any atom is -0.506 e. The number of anilines is 1. The molecule has 0 aliphatic carbocycles. The third-order valence-electron chi connectivity index (χ3n) is 1.93. The Balaban J connectivity index is 2.79. The van der Waals surface area contributed by atoms with Crippen molar-refractivity contribution in [3.63, 3.8) is 0 Å². The van der Waals surface area contributed by atoms with Gasteiger partial charge in [-0.2, -0.15) is 0 Å². The van der Waals surface area contributed by atoms with Crippen LogP contribution in [0, 0.1) is 10.1 Å². The van der Waals surface area contributed by atoms with Gasteiger partial charge in [0.05, 0.1) is 23.2 Å². The maximum Gasteiger partial charge on any atom is 0.273 e. The summed E-state index contributed by atoms with van der Waals surface area (Å²) < 4.78 is 0. The van der Waals surface area contributed by atoms with Gasteiger partial charge in [0.1, 0.15) is 5.75 Å². The van der Waals surface area contributed by atoms with Crippen molar-refractivity contribution >= 4 is 17.3 Å². The predicted molar refractivity (Wildman–Crippen MR) is 61.9 cm³/mol. The molecule has 0 spiro atoms. The van der Waals surface area contributed by atoms with Crippen LogP contribution in [0.5, 0.6) is 5.75 Å². The molecule has 0 unspecified atom stereocenters. The van der Waals surface area contributed by atoms with E-state index in [4.69, 9.17) is 0 Å². The molecule has 92 valence electrons. The smallest absolute Gasteiger partial charge is 0.273 e. The Labute approximate surface area is 97.8 Å². The van der Waals surface area contributed by atoms with Crippen molar-refractivity contribution in [2.75, 3.05) is 26.0 Å². The fraction of sp³-hybridized carbons (Fsp3) is 0.300. The second-order valence-corrected chi connectivity index (χ2v) is 3.74. The first-order chi connectivity index (χ1) is 7.90. The summed E-state index contributed by atoms with van der Waals surface area (Å²) in [5.74, 6) is -0.634. The Morgan fingerprint density at radius 1 is 1.53 bits per heavy atom. The summed E-state index contributed by atoms with van der Waals surface area (Å²) in [5.41, 5.74) is -0.0736. The number of hydrogen-bond acceptors (Lipinski definition) is 5. The van der Waals surface area contributed by atoms with Crippen LogP contribution in [0.15, 0.2) is 18.2 Å². The van der Waals surface area contributed by atoms with Gasteiger partial charge >= 0.3 is 0 Å². The summed E-state index contributed by atoms with van der Waals surface area (Å²) in [7, 11) is 3.46. The van der Waals surface area contributed by atoms with Crippen molar-refractivity contribution in [1.82, 2.24) is 4.90 Å². The zero-order valence-corrected chi connectivity index (χ0v) is 9.51. The number of nitrogens with one attached hydrogen (secondary N) is 1. The van der Waals surface area contributed by atoms with Crippen LogP contribution in [0.3, 0.4) is 0 Å². The molecular weight excluding hydrogens is 226 g/mol. The Bertz CT molecular complexity index is 445. The number of carbonyl (C=O) groups is 1. The maximum absolute atomic E-state index is 11.4. The second-order valence-electron chi connectivity index (χ2n) is 3.74. The number of phenols is 1. The Morgan fingerprint density at radius 3 is 2.65 bits per heavy atom. The molecule has 17 heavy (non-hydrogen) atoms. The van der Waals surface area contributed by atoms with E-state index in [9.17, 15) is 20.0 Å². The lowest BCUT2D eigenvalue weighted by atomic mass is 10.2. The van der Waals surface area contributed by atoms with Crippen molar-refractivity contribution in [2.24, 2.45) is 0 Å². The fourth-order valence-electron chi connectivity index (χ4n) is 1.22. The highest BCUT2D eigenvalue weighted by atomic mass is 16.6. The van der Waals surface area contributed by atoms with Crippen LogP contribution in [0.4, 0.5) is 11.4 Å². The van der Waals surface area contributed by atoms with Crippen molar-refractivity contribution in [2.45, 2.75) is 0 Å². The van der Waals surface area contributed by atoms with Gasteiger partial charge in [0, 0.05) is 6.07 Å². The molecule has 7 heteroatoms. The van der Waals surface area contributed by atoms with Crippen molar-refractivity contribution in [1.29, 1.82) is 0 Å². The van der Waals surface area contributed by atoms with Gasteiger partial charge < -0.3 is 15.3 Å². The molecule has 0 saturated carbocycles. The molecule has 1 aromatic carbocycles. The molecular formula is C10H13N3O4. The number of phenolic OH excluding ortho intramolecular Hbond substituents is 1. The largest absolute Gasteiger partial charge is 0.506 e. The first-order valence-corrected chi connectivity index (χ1v) is 4.82. The van der Waals surface area contributed by atoms with E-state index in [0.29, 0.717) is 0 Å². The molecule has 0 bridgehead atoms. The van der Waals surface area contributed by atoms with Crippen molar-refractivity contribution < 1.29 is 14.8 Å². The zero-order chi connectivity index (χ0) is 13.0. The molecule has 0 aliphatic heterocycles. The normalized spacial score (nSPS) is 10.3. The highest BCUT2D eigenvalue weighted by Gasteiger charge is 2.12. The van der Waals surface area contributed by atoms with Gasteiger partial charge in [-0.05, 0) is 20.2 Å². The van der Waals surface area contributed by atoms with Crippen LogP contribution in [-0.2, 0) is 4.79 Å². The van der Waals surface area contributed by atoms with Gasteiger partial charge in [-0.15, -0.1) is 0 Å². The number of rotatable bonds is 4. The molecule has 0 heterocycles. The summed E-state index contributed by atoms with van der Waals surface area (Å²) in [6.07, 6.45) is 0. The number of hydrogen-bond donors (Lipinski definition) is 2. The van der Waals surface area contributed by atoms with Crippen LogP contribution in [0.1, 0.15) is 0 Å². The number of amides is 1. The Kier molecular flexibility index (Phi) is 4.00. The van der Waals surface area contributed by atoms with Gasteiger partial charge in [-0.3, -0.25) is 14.9 Å². The number of benzene rings is 1. The number of carbonyl (C=O) groups excluding carboxylic acids is 1. The highest BCUT2D eigenvalue weighted by molar-refractivity contribution is 5.93. The first-order valence-electron chi connectivity index (χ1n) is 4.82. The van der Waals surface area contributed by atoms with E-state index in [-0.39, 0.29) is 29.6 Å². The van der Waals surface area contributed by atoms with Crippen molar-refractivity contribution in [3.05, 3.63) is 28.3 Å². The van der Waals surface area contributed by atoms with Gasteiger partial charge in [-0.1, -0.05) is 0 Å². The van der Waals surface area contributed by atoms with Crippen LogP contribution >= 0.6 is 0 Å². The van der Waals surface area contributed by atoms with Crippen molar-refractivity contribution in [3.8, 4) is 5.75 Å². The number of non-ortho nitro benzene ring substituents is 1. The van der Waals surface area contributed by atoms with E-state index >= 15 is 0 Å². The van der Waals surface area contributed by atoms with E-state index in [1.165, 1.54) is 12.1 Å². The Hall–Kier alpha value is -2.15. The quantitative estimate of drug-likeness (QED) is 0.460. The van der Waals surface area contributed by atoms with Gasteiger partial charge in [-0.25, -0.2) is 0 Å². The molecule has 0 radical (unpaired) electrons. The van der Waals surface area contributed by atoms with E-state index in [1.807, 2.05) is 0 Å². The van der Waals surface area contributed by atoms with E-state index < -0.39 is 4.92 Å². The fourth-order valence-corrected chi connectivity index (χ4v) is 1.22. The molecule has 0 saturated heterocycles. The van der Waals surface area contributed by atoms with Crippen LogP contribution in [-0.4, -0.2) is 41.5 Å². The minimum absolute atomic E-state index is 0.155. The molecule has 0 atom stereocenters. The van der Waals surface area contributed by atoms with Crippen LogP contribution in [0.2, 0.25) is 0 Å². The third-order valence-corrected chi connectivity index (χ3v) is 1.93. The molecule has 0 fully saturated rings. The molecule has 1 rings (SSSR count). The zero-order valence-electron chi connectivity index (χ0n) is 9.51. The lowest BCUT2D eigenvalue weighted by Crippen LogP contribution is -2.27. The van der Waals surface area contributed by atoms with Crippen LogP contribution in [0.25, 0.3) is 0 Å². The molecule has 2 N–H and O–H groups in total. The second kappa shape index (κ2) is 5.26. The predicted octanol–water partition coefficient (Wildman–Crippen LogP) is 0.800. The number of likely N-dealkylation sites (N-methyl/N-ethyl adjacent to an activating group) is 1. The first kappa shape index (κ1) is 12.9. The number of nitro benzene ring substituents is 1. The summed E-state index contributed by atoms with van der Waals surface area (Å²) in [6, 6.07) is 3.50. The average Bonchev–Trinajstić information content (AvgIpc) is 2.19. The number of aromatic hydroxyl groups is 1. The summed E-state index contributed by atoms with van der Waals surface area (Å²) in [6.45, 7) is 0.163. The molecule has 1 aromatic rings. The summed E-state index contributed by atoms with van der Waals surface area (Å²) >= 11 is 0. The highest BCUT2D eigenvalue weighted by Crippen LogP contribution is 2.27. The summed E-state index contributed by atoms with van der Waals surface area (Å²) in [4.78, 5) is 22.9. The molecule has 1 amide bonds. The molecule has 7 nitrogen and oxygen atoms in total. The monoisotopic (exact) mass is 239 g/mol. The third kappa shape index (κ3) is 3.72. The van der Waals surface area contributed by atoms with E-state index in [2.05, 4.69) is 5.32 Å². The Morgan fingerprint density at radius 2 is 2.18 bits per heavy atom. The van der Waals surface area contributed by atoms with E-state index in [0.717, 1.165) is 6.07 Å². The average molecular weight is 239 g/mol. The number of nitro groups is 1. The molecule has 0 aromatic heterocycles. The van der Waals surface area contributed by atoms with Gasteiger partial charge in [0.15, 0.2) is 0 Å². The van der Waals surface area contributed by atoms with Gasteiger partial charge in [0.2, 0.25) is 5.91 Å². The lowest BCUT2D eigenvalue weighted by Gasteiger charge is -2.10. The maximum atomic E-state index is 11.4. The summed E-state index contributed by atoms with van der Waals surface area (Å²) in [5, 5.41) is 22.4. The number of nitrogens with zero attached hydrogens (tertiary/aromatic N) is 2. The molecule has 0 aliphatic rings. The standard InChI is InChI=1S/C10H13N3O4/c1-12(2)6-10(15)11-8-4-3-7(13(16)17)5-9(8)14/h3-5,14H,6H2,1-2H3,(H,11,15). The van der Waals surface area contributed by atoms with E-state index in [1.54, 1.807) is 19.0 Å². The lowest BCUT2D eigenvalue weighted by molar-refractivity contribution is -0.384. The minimum atomic E-state index is -0.620. The van der Waals surface area contributed by atoms with Crippen LogP contribution < -0.4 is 5.32 Å². The topological polar surface area (TPSA) is 95.7 Å².